The molecule has 4 rings (SSSR count). The Kier molecular flexibility index (Phi) is 8.69. The van der Waals surface area contributed by atoms with E-state index in [4.69, 9.17) is 16.3 Å². The number of nitrogens with zero attached hydrogens (tertiary/aromatic N) is 3. The summed E-state index contributed by atoms with van der Waals surface area (Å²) < 4.78 is 20.2. The van der Waals surface area contributed by atoms with Gasteiger partial charge in [-0.1, -0.05) is 29.8 Å². The molecule has 2 aliphatic rings. The molecule has 0 spiro atoms. The lowest BCUT2D eigenvalue weighted by atomic mass is 9.93. The molecule has 10 heteroatoms. The van der Waals surface area contributed by atoms with Gasteiger partial charge in [-0.05, 0) is 51.1 Å². The number of hydrogen-bond acceptors (Lipinski definition) is 5. The molecule has 1 N–H and O–H groups in total. The maximum absolute atomic E-state index is 14.8. The van der Waals surface area contributed by atoms with Crippen LogP contribution in [0.5, 0.6) is 0 Å². The number of urea groups is 1. The largest absolute Gasteiger partial charge is 0.463 e. The number of hydrogen-bond donors (Lipinski definition) is 1. The highest BCUT2D eigenvalue weighted by atomic mass is 35.5. The maximum atomic E-state index is 14.8. The molecule has 38 heavy (non-hydrogen) atoms. The number of rotatable bonds is 7. The van der Waals surface area contributed by atoms with E-state index in [0.29, 0.717) is 42.5 Å². The Morgan fingerprint density at radius 1 is 1.11 bits per heavy atom. The van der Waals surface area contributed by atoms with Crippen LogP contribution in [0.4, 0.5) is 9.18 Å². The predicted octanol–water partition coefficient (Wildman–Crippen LogP) is 4.23. The summed E-state index contributed by atoms with van der Waals surface area (Å²) in [5.74, 6) is -1.20. The van der Waals surface area contributed by atoms with E-state index < -0.39 is 23.9 Å². The topological polar surface area (TPSA) is 82.2 Å². The zero-order valence-corrected chi connectivity index (χ0v) is 22.5. The first-order valence-electron chi connectivity index (χ1n) is 12.8. The van der Waals surface area contributed by atoms with Crippen LogP contribution in [0.1, 0.15) is 42.7 Å². The predicted molar refractivity (Wildman–Crippen MR) is 142 cm³/mol. The van der Waals surface area contributed by atoms with Crippen molar-refractivity contribution in [3.8, 4) is 0 Å². The van der Waals surface area contributed by atoms with Gasteiger partial charge < -0.3 is 15.0 Å². The van der Waals surface area contributed by atoms with Crippen LogP contribution in [-0.4, -0.2) is 78.0 Å². The molecule has 1 saturated heterocycles. The lowest BCUT2D eigenvalue weighted by Gasteiger charge is -2.43. The second kappa shape index (κ2) is 12.0. The van der Waals surface area contributed by atoms with E-state index in [-0.39, 0.29) is 36.2 Å². The van der Waals surface area contributed by atoms with E-state index in [1.165, 1.54) is 11.0 Å². The SMILES string of the molecule is CCOC(=O)C1=C(CN2CCN(C(=O)c3ccc(Cl)cc3)C(C)C2)N(CC)C(=O)NC1c1ccccc1F. The zero-order valence-electron chi connectivity index (χ0n) is 21.7. The normalized spacial score (nSPS) is 20.4. The molecule has 2 heterocycles. The minimum Gasteiger partial charge on any atom is -0.463 e. The van der Waals surface area contributed by atoms with Gasteiger partial charge in [0.15, 0.2) is 0 Å². The molecule has 0 aliphatic carbocycles. The number of ether oxygens (including phenoxy) is 1. The number of halogens is 2. The Hall–Kier alpha value is -3.43. The van der Waals surface area contributed by atoms with Gasteiger partial charge in [-0.25, -0.2) is 14.0 Å². The monoisotopic (exact) mass is 542 g/mol. The van der Waals surface area contributed by atoms with Crippen molar-refractivity contribution >= 4 is 29.5 Å². The van der Waals surface area contributed by atoms with Gasteiger partial charge in [-0.3, -0.25) is 14.6 Å². The number of likely N-dealkylation sites (N-methyl/N-ethyl adjacent to an activating group) is 1. The molecule has 2 aromatic carbocycles. The summed E-state index contributed by atoms with van der Waals surface area (Å²) in [4.78, 5) is 44.9. The number of carbonyl (C=O) groups excluding carboxylic acids is 3. The van der Waals surface area contributed by atoms with Crippen molar-refractivity contribution in [1.29, 1.82) is 0 Å². The van der Waals surface area contributed by atoms with Crippen molar-refractivity contribution in [2.45, 2.75) is 32.9 Å². The second-order valence-corrected chi connectivity index (χ2v) is 9.76. The van der Waals surface area contributed by atoms with Gasteiger partial charge in [0.2, 0.25) is 0 Å². The van der Waals surface area contributed by atoms with Gasteiger partial charge in [0, 0.05) is 60.6 Å². The van der Waals surface area contributed by atoms with Crippen LogP contribution in [0.15, 0.2) is 59.8 Å². The molecular formula is C28H32ClFN4O4. The summed E-state index contributed by atoms with van der Waals surface area (Å²) in [5.41, 5.74) is 1.46. The van der Waals surface area contributed by atoms with Crippen molar-refractivity contribution < 1.29 is 23.5 Å². The molecule has 0 aromatic heterocycles. The van der Waals surface area contributed by atoms with E-state index in [2.05, 4.69) is 10.2 Å². The van der Waals surface area contributed by atoms with E-state index in [1.807, 2.05) is 18.7 Å². The summed E-state index contributed by atoms with van der Waals surface area (Å²) in [6.07, 6.45) is 0. The number of carbonyl (C=O) groups is 3. The number of benzene rings is 2. The highest BCUT2D eigenvalue weighted by molar-refractivity contribution is 6.30. The summed E-state index contributed by atoms with van der Waals surface area (Å²) >= 11 is 5.97. The van der Waals surface area contributed by atoms with Gasteiger partial charge in [0.1, 0.15) is 5.82 Å². The van der Waals surface area contributed by atoms with Crippen LogP contribution in [0, 0.1) is 5.82 Å². The molecule has 8 nitrogen and oxygen atoms in total. The molecule has 0 radical (unpaired) electrons. The molecule has 2 atom stereocenters. The molecule has 202 valence electrons. The lowest BCUT2D eigenvalue weighted by molar-refractivity contribution is -0.139. The van der Waals surface area contributed by atoms with Crippen molar-refractivity contribution in [1.82, 2.24) is 20.0 Å². The molecule has 0 bridgehead atoms. The quantitative estimate of drug-likeness (QED) is 0.530. The fourth-order valence-electron chi connectivity index (χ4n) is 5.05. The van der Waals surface area contributed by atoms with Gasteiger partial charge >= 0.3 is 12.0 Å². The van der Waals surface area contributed by atoms with Crippen LogP contribution < -0.4 is 5.32 Å². The minimum atomic E-state index is -0.981. The van der Waals surface area contributed by atoms with Crippen LogP contribution >= 0.6 is 11.6 Å². The average Bonchev–Trinajstić information content (AvgIpc) is 2.89. The van der Waals surface area contributed by atoms with Crippen molar-refractivity contribution in [2.24, 2.45) is 0 Å². The van der Waals surface area contributed by atoms with Crippen molar-refractivity contribution in [3.05, 3.63) is 81.8 Å². The van der Waals surface area contributed by atoms with Crippen molar-refractivity contribution in [3.63, 3.8) is 0 Å². The molecular weight excluding hydrogens is 511 g/mol. The first-order valence-corrected chi connectivity index (χ1v) is 13.1. The Bertz CT molecular complexity index is 1240. The Morgan fingerprint density at radius 3 is 2.45 bits per heavy atom. The summed E-state index contributed by atoms with van der Waals surface area (Å²) in [5, 5.41) is 3.36. The van der Waals surface area contributed by atoms with Crippen molar-refractivity contribution in [2.75, 3.05) is 39.3 Å². The Balaban J connectivity index is 1.63. The number of esters is 1. The molecule has 2 unspecified atom stereocenters. The fourth-order valence-corrected chi connectivity index (χ4v) is 5.17. The zero-order chi connectivity index (χ0) is 27.4. The maximum Gasteiger partial charge on any atom is 0.338 e. The molecule has 3 amide bonds. The molecule has 2 aromatic rings. The van der Waals surface area contributed by atoms with Crippen LogP contribution in [0.3, 0.4) is 0 Å². The van der Waals surface area contributed by atoms with Crippen LogP contribution in [0.25, 0.3) is 0 Å². The highest BCUT2D eigenvalue weighted by Gasteiger charge is 2.40. The second-order valence-electron chi connectivity index (χ2n) is 9.32. The van der Waals surface area contributed by atoms with E-state index in [9.17, 15) is 18.8 Å². The van der Waals surface area contributed by atoms with E-state index >= 15 is 0 Å². The fraction of sp³-hybridized carbons (Fsp3) is 0.393. The van der Waals surface area contributed by atoms with E-state index in [1.54, 1.807) is 49.4 Å². The molecule has 1 fully saturated rings. The van der Waals surface area contributed by atoms with Crippen LogP contribution in [0.2, 0.25) is 5.02 Å². The number of nitrogens with one attached hydrogen (secondary N) is 1. The lowest BCUT2D eigenvalue weighted by Crippen LogP contribution is -2.56. The first-order chi connectivity index (χ1) is 18.2. The van der Waals surface area contributed by atoms with Crippen LogP contribution in [-0.2, 0) is 9.53 Å². The summed E-state index contributed by atoms with van der Waals surface area (Å²) in [6.45, 7) is 7.75. The van der Waals surface area contributed by atoms with Gasteiger partial charge in [-0.2, -0.15) is 0 Å². The summed E-state index contributed by atoms with van der Waals surface area (Å²) in [7, 11) is 0. The smallest absolute Gasteiger partial charge is 0.338 e. The minimum absolute atomic E-state index is 0.0768. The average molecular weight is 543 g/mol. The summed E-state index contributed by atoms with van der Waals surface area (Å²) in [6, 6.07) is 11.4. The standard InChI is InChI=1S/C28H32ClFN4O4/c1-4-33-23(17-32-14-15-34(18(3)16-32)26(35)19-10-12-20(29)13-11-19)24(27(36)38-5-2)25(31-28(33)37)21-8-6-7-9-22(21)30/h6-13,18,25H,4-5,14-17H2,1-3H3,(H,31,37). The Morgan fingerprint density at radius 2 is 1.82 bits per heavy atom. The molecule has 0 saturated carbocycles. The van der Waals surface area contributed by atoms with Gasteiger partial charge in [0.25, 0.3) is 5.91 Å². The van der Waals surface area contributed by atoms with Gasteiger partial charge in [-0.15, -0.1) is 0 Å². The highest BCUT2D eigenvalue weighted by Crippen LogP contribution is 2.33. The Labute approximate surface area is 227 Å². The first kappa shape index (κ1) is 27.6. The number of amides is 3. The third-order valence-electron chi connectivity index (χ3n) is 6.90. The van der Waals surface area contributed by atoms with Gasteiger partial charge in [0.05, 0.1) is 18.2 Å². The van der Waals surface area contributed by atoms with E-state index in [0.717, 1.165) is 0 Å². The third-order valence-corrected chi connectivity index (χ3v) is 7.16. The number of piperazine rings is 1. The third kappa shape index (κ3) is 5.68. The molecule has 2 aliphatic heterocycles.